The second kappa shape index (κ2) is 5.60. The number of ether oxygens (including phenoxy) is 2. The second-order valence-electron chi connectivity index (χ2n) is 3.73. The monoisotopic (exact) mass is 238 g/mol. The minimum atomic E-state index is -0.449. The standard InChI is InChI=1S/C11H14N2O4/c14-13(15)10-3-1-2-4-11(10)17-8-9-7-12-5-6-16-9/h1-4,9,12H,5-8H2/t9-/m0/s1. The van der Waals surface area contributed by atoms with Gasteiger partial charge in [-0.3, -0.25) is 10.1 Å². The molecule has 0 aromatic heterocycles. The summed E-state index contributed by atoms with van der Waals surface area (Å²) in [4.78, 5) is 10.3. The summed E-state index contributed by atoms with van der Waals surface area (Å²) in [7, 11) is 0. The zero-order chi connectivity index (χ0) is 12.1. The van der Waals surface area contributed by atoms with Crippen LogP contribution in [0.25, 0.3) is 0 Å². The molecule has 1 aromatic rings. The summed E-state index contributed by atoms with van der Waals surface area (Å²) in [5, 5.41) is 13.9. The van der Waals surface area contributed by atoms with Gasteiger partial charge in [0.05, 0.1) is 11.5 Å². The average molecular weight is 238 g/mol. The molecule has 2 rings (SSSR count). The quantitative estimate of drug-likeness (QED) is 0.624. The van der Waals surface area contributed by atoms with E-state index in [4.69, 9.17) is 9.47 Å². The van der Waals surface area contributed by atoms with Crippen molar-refractivity contribution in [2.24, 2.45) is 0 Å². The van der Waals surface area contributed by atoms with Crippen molar-refractivity contribution in [2.45, 2.75) is 6.10 Å². The first-order chi connectivity index (χ1) is 8.27. The highest BCUT2D eigenvalue weighted by atomic mass is 16.6. The normalized spacial score (nSPS) is 19.9. The van der Waals surface area contributed by atoms with Crippen molar-refractivity contribution in [3.63, 3.8) is 0 Å². The van der Waals surface area contributed by atoms with Crippen LogP contribution in [0.2, 0.25) is 0 Å². The third-order valence-electron chi connectivity index (χ3n) is 2.49. The Kier molecular flexibility index (Phi) is 3.89. The first kappa shape index (κ1) is 11.8. The predicted octanol–water partition coefficient (Wildman–Crippen LogP) is 0.962. The maximum absolute atomic E-state index is 10.8. The summed E-state index contributed by atoms with van der Waals surface area (Å²) in [5.74, 6) is 0.284. The Balaban J connectivity index is 1.96. The summed E-state index contributed by atoms with van der Waals surface area (Å²) in [6.45, 7) is 2.51. The highest BCUT2D eigenvalue weighted by Crippen LogP contribution is 2.25. The van der Waals surface area contributed by atoms with Gasteiger partial charge in [0.2, 0.25) is 0 Å². The number of nitro benzene ring substituents is 1. The van der Waals surface area contributed by atoms with Gasteiger partial charge in [0.25, 0.3) is 0 Å². The molecule has 0 aliphatic carbocycles. The number of rotatable bonds is 4. The molecule has 17 heavy (non-hydrogen) atoms. The van der Waals surface area contributed by atoms with Crippen LogP contribution >= 0.6 is 0 Å². The molecular formula is C11H14N2O4. The summed E-state index contributed by atoms with van der Waals surface area (Å²) >= 11 is 0. The lowest BCUT2D eigenvalue weighted by Gasteiger charge is -2.23. The van der Waals surface area contributed by atoms with E-state index in [0.717, 1.165) is 6.54 Å². The molecular weight excluding hydrogens is 224 g/mol. The van der Waals surface area contributed by atoms with E-state index in [9.17, 15) is 10.1 Å². The van der Waals surface area contributed by atoms with Gasteiger partial charge >= 0.3 is 5.69 Å². The highest BCUT2D eigenvalue weighted by molar-refractivity contribution is 5.45. The Hall–Kier alpha value is -1.66. The van der Waals surface area contributed by atoms with E-state index in [0.29, 0.717) is 19.8 Å². The van der Waals surface area contributed by atoms with Gasteiger partial charge in [-0.2, -0.15) is 0 Å². The van der Waals surface area contributed by atoms with Crippen LogP contribution in [0.15, 0.2) is 24.3 Å². The Morgan fingerprint density at radius 2 is 2.35 bits per heavy atom. The number of benzene rings is 1. The van der Waals surface area contributed by atoms with Gasteiger partial charge < -0.3 is 14.8 Å². The fourth-order valence-corrected chi connectivity index (χ4v) is 1.64. The van der Waals surface area contributed by atoms with Gasteiger partial charge in [-0.05, 0) is 6.07 Å². The smallest absolute Gasteiger partial charge is 0.310 e. The van der Waals surface area contributed by atoms with Crippen LogP contribution < -0.4 is 10.1 Å². The van der Waals surface area contributed by atoms with Crippen molar-refractivity contribution >= 4 is 5.69 Å². The molecule has 1 heterocycles. The number of hydrogen-bond donors (Lipinski definition) is 1. The summed E-state index contributed by atoms with van der Waals surface area (Å²) in [6, 6.07) is 6.34. The molecule has 1 aliphatic rings. The van der Waals surface area contributed by atoms with Gasteiger partial charge in [-0.1, -0.05) is 12.1 Å². The Labute approximate surface area is 98.7 Å². The summed E-state index contributed by atoms with van der Waals surface area (Å²) in [5.41, 5.74) is -0.0173. The van der Waals surface area contributed by atoms with Gasteiger partial charge in [-0.25, -0.2) is 0 Å². The molecule has 1 N–H and O–H groups in total. The molecule has 0 bridgehead atoms. The lowest BCUT2D eigenvalue weighted by atomic mass is 10.3. The van der Waals surface area contributed by atoms with Crippen LogP contribution in [0, 0.1) is 10.1 Å². The van der Waals surface area contributed by atoms with Crippen molar-refractivity contribution in [3.05, 3.63) is 34.4 Å². The van der Waals surface area contributed by atoms with Gasteiger partial charge in [0, 0.05) is 19.2 Å². The van der Waals surface area contributed by atoms with Crippen LogP contribution in [-0.2, 0) is 4.74 Å². The second-order valence-corrected chi connectivity index (χ2v) is 3.73. The molecule has 1 fully saturated rings. The van der Waals surface area contributed by atoms with Gasteiger partial charge in [0.15, 0.2) is 5.75 Å². The molecule has 6 heteroatoms. The number of nitro groups is 1. The Bertz CT molecular complexity index is 391. The maximum atomic E-state index is 10.8. The first-order valence-corrected chi connectivity index (χ1v) is 5.46. The van der Waals surface area contributed by atoms with Gasteiger partial charge in [-0.15, -0.1) is 0 Å². The Morgan fingerprint density at radius 3 is 3.06 bits per heavy atom. The number of para-hydroxylation sites is 2. The molecule has 6 nitrogen and oxygen atoms in total. The van der Waals surface area contributed by atoms with Crippen LogP contribution in [0.1, 0.15) is 0 Å². The first-order valence-electron chi connectivity index (χ1n) is 5.46. The number of morpholine rings is 1. The lowest BCUT2D eigenvalue weighted by molar-refractivity contribution is -0.385. The Morgan fingerprint density at radius 1 is 1.53 bits per heavy atom. The fraction of sp³-hybridized carbons (Fsp3) is 0.455. The molecule has 1 atom stereocenters. The van der Waals surface area contributed by atoms with E-state index in [1.54, 1.807) is 18.2 Å². The van der Waals surface area contributed by atoms with E-state index in [-0.39, 0.29) is 17.5 Å². The third-order valence-corrected chi connectivity index (χ3v) is 2.49. The molecule has 1 saturated heterocycles. The zero-order valence-electron chi connectivity index (χ0n) is 9.30. The maximum Gasteiger partial charge on any atom is 0.310 e. The molecule has 1 aliphatic heterocycles. The minimum absolute atomic E-state index is 0.0173. The molecule has 0 unspecified atom stereocenters. The summed E-state index contributed by atoms with van der Waals surface area (Å²) < 4.78 is 10.9. The van der Waals surface area contributed by atoms with Crippen LogP contribution in [-0.4, -0.2) is 37.3 Å². The SMILES string of the molecule is O=[N+]([O-])c1ccccc1OC[C@@H]1CNCCO1. The molecule has 92 valence electrons. The molecule has 0 radical (unpaired) electrons. The van der Waals surface area contributed by atoms with Crippen molar-refractivity contribution in [1.82, 2.24) is 5.32 Å². The van der Waals surface area contributed by atoms with E-state index >= 15 is 0 Å². The lowest BCUT2D eigenvalue weighted by Crippen LogP contribution is -2.41. The van der Waals surface area contributed by atoms with E-state index in [2.05, 4.69) is 5.32 Å². The number of nitrogens with one attached hydrogen (secondary N) is 1. The third kappa shape index (κ3) is 3.15. The van der Waals surface area contributed by atoms with Crippen molar-refractivity contribution in [3.8, 4) is 5.75 Å². The average Bonchev–Trinajstić information content (AvgIpc) is 2.38. The minimum Gasteiger partial charge on any atom is -0.484 e. The highest BCUT2D eigenvalue weighted by Gasteiger charge is 2.18. The molecule has 1 aromatic carbocycles. The topological polar surface area (TPSA) is 73.6 Å². The van der Waals surface area contributed by atoms with E-state index < -0.39 is 4.92 Å². The van der Waals surface area contributed by atoms with E-state index in [1.807, 2.05) is 0 Å². The van der Waals surface area contributed by atoms with Crippen molar-refractivity contribution in [1.29, 1.82) is 0 Å². The van der Waals surface area contributed by atoms with E-state index in [1.165, 1.54) is 6.07 Å². The molecule has 0 saturated carbocycles. The molecule has 0 amide bonds. The number of hydrogen-bond acceptors (Lipinski definition) is 5. The fourth-order valence-electron chi connectivity index (χ4n) is 1.64. The van der Waals surface area contributed by atoms with Crippen LogP contribution in [0.5, 0.6) is 5.75 Å². The van der Waals surface area contributed by atoms with Crippen LogP contribution in [0.4, 0.5) is 5.69 Å². The van der Waals surface area contributed by atoms with Crippen LogP contribution in [0.3, 0.4) is 0 Å². The summed E-state index contributed by atoms with van der Waals surface area (Å²) in [6.07, 6.45) is -0.0523. The zero-order valence-corrected chi connectivity index (χ0v) is 9.30. The predicted molar refractivity (Wildman–Crippen MR) is 61.2 cm³/mol. The van der Waals surface area contributed by atoms with Crippen molar-refractivity contribution in [2.75, 3.05) is 26.3 Å². The largest absolute Gasteiger partial charge is 0.484 e. The molecule has 0 spiro atoms. The van der Waals surface area contributed by atoms with Crippen molar-refractivity contribution < 1.29 is 14.4 Å². The van der Waals surface area contributed by atoms with Gasteiger partial charge in [0.1, 0.15) is 12.7 Å². The number of nitrogens with zero attached hydrogens (tertiary/aromatic N) is 1.